The largest absolute Gasteiger partial charge is 0.343 e. The molecule has 0 aromatic heterocycles. The van der Waals surface area contributed by atoms with Gasteiger partial charge in [0.2, 0.25) is 23.6 Å². The van der Waals surface area contributed by atoms with Crippen LogP contribution >= 0.6 is 0 Å². The van der Waals surface area contributed by atoms with Crippen molar-refractivity contribution in [3.63, 3.8) is 0 Å². The van der Waals surface area contributed by atoms with Crippen LogP contribution in [0.1, 0.15) is 102 Å². The summed E-state index contributed by atoms with van der Waals surface area (Å²) < 4.78 is 0. The molecule has 0 spiro atoms. The van der Waals surface area contributed by atoms with Crippen molar-refractivity contribution >= 4 is 46.0 Å². The fourth-order valence-electron chi connectivity index (χ4n) is 6.39. The van der Waals surface area contributed by atoms with Crippen LogP contribution in [-0.2, 0) is 24.0 Å². The van der Waals surface area contributed by atoms with E-state index in [-0.39, 0.29) is 29.8 Å². The number of benzene rings is 2. The monoisotopic (exact) mass is 632 g/mol. The number of rotatable bonds is 12. The number of nitrogens with zero attached hydrogens (tertiary/aromatic N) is 1. The molecule has 0 unspecified atom stereocenters. The van der Waals surface area contributed by atoms with Gasteiger partial charge in [-0.1, -0.05) is 82.5 Å². The summed E-state index contributed by atoms with van der Waals surface area (Å²) in [7, 11) is 0. The average Bonchev–Trinajstić information content (AvgIpc) is 3.07. The molecule has 5 atom stereocenters. The van der Waals surface area contributed by atoms with E-state index in [0.717, 1.165) is 23.6 Å². The van der Waals surface area contributed by atoms with E-state index in [1.165, 1.54) is 0 Å². The number of ketones is 2. The third kappa shape index (κ3) is 8.59. The van der Waals surface area contributed by atoms with Gasteiger partial charge in [0, 0.05) is 31.4 Å². The average molecular weight is 633 g/mol. The van der Waals surface area contributed by atoms with Gasteiger partial charge in [-0.05, 0) is 48.8 Å². The van der Waals surface area contributed by atoms with Gasteiger partial charge in [0.25, 0.3) is 0 Å². The second kappa shape index (κ2) is 16.5. The van der Waals surface area contributed by atoms with Crippen LogP contribution in [0.3, 0.4) is 0 Å². The lowest BCUT2D eigenvalue weighted by molar-refractivity contribution is -0.147. The van der Waals surface area contributed by atoms with Crippen molar-refractivity contribution in [1.29, 1.82) is 0 Å². The molecular formula is C36H48N4O6. The second-order valence-electron chi connectivity index (χ2n) is 12.7. The predicted molar refractivity (Wildman–Crippen MR) is 176 cm³/mol. The summed E-state index contributed by atoms with van der Waals surface area (Å²) in [6, 6.07) is 8.94. The molecule has 2 heterocycles. The van der Waals surface area contributed by atoms with E-state index in [1.54, 1.807) is 17.0 Å². The zero-order chi connectivity index (χ0) is 33.2. The number of amides is 4. The number of Topliss-reactive ketones (excluding diaryl/α,β-unsaturated/α-hetero) is 2. The fourth-order valence-corrected chi connectivity index (χ4v) is 6.39. The van der Waals surface area contributed by atoms with Crippen LogP contribution in [-0.4, -0.2) is 70.8 Å². The lowest BCUT2D eigenvalue weighted by atomic mass is 9.92. The summed E-state index contributed by atoms with van der Waals surface area (Å²) in [5.74, 6) is -2.29. The van der Waals surface area contributed by atoms with Crippen LogP contribution in [0.15, 0.2) is 42.5 Å². The van der Waals surface area contributed by atoms with Crippen molar-refractivity contribution in [3.05, 3.63) is 48.0 Å². The molecule has 10 nitrogen and oxygen atoms in total. The summed E-state index contributed by atoms with van der Waals surface area (Å²) in [5.41, 5.74) is 0.434. The minimum Gasteiger partial charge on any atom is -0.343 e. The van der Waals surface area contributed by atoms with Gasteiger partial charge in [0.05, 0.1) is 0 Å². The molecule has 0 aliphatic carbocycles. The minimum atomic E-state index is -1.27. The lowest BCUT2D eigenvalue weighted by Gasteiger charge is -2.39. The fraction of sp³-hybridized carbons (Fsp3) is 0.556. The SMILES string of the molecule is CCC(=O)CCCCC[C@@H]1NC(=O)[C@H]2CCCCN2C(=O)[C@H]([C@@H](C)CC)NC(=O)[C@H](CC(=O)c2cccc3ccccc23)NC1=O. The van der Waals surface area contributed by atoms with E-state index in [9.17, 15) is 28.8 Å². The standard InChI is InChI=1S/C36H48N4O6/c1-4-23(3)32-36(46)40-21-12-11-20-30(40)35(45)37-28(19-8-6-7-16-25(41)5-2)33(43)38-29(34(44)39-32)22-31(42)27-18-13-15-24-14-9-10-17-26(24)27/h9-10,13-15,17-18,23,28-30,32H,4-8,11-12,16,19-22H2,1-3H3,(H,37,45)(H,38,43)(H,39,44)/t23-,28-,29-,30+,32-/m0/s1. The highest BCUT2D eigenvalue weighted by Crippen LogP contribution is 2.24. The molecule has 2 aromatic carbocycles. The Labute approximate surface area is 271 Å². The summed E-state index contributed by atoms with van der Waals surface area (Å²) in [5, 5.41) is 10.2. The van der Waals surface area contributed by atoms with Crippen molar-refractivity contribution in [3.8, 4) is 0 Å². The van der Waals surface area contributed by atoms with Gasteiger partial charge in [-0.15, -0.1) is 0 Å². The molecule has 3 N–H and O–H groups in total. The molecule has 0 radical (unpaired) electrons. The molecule has 0 saturated carbocycles. The van der Waals surface area contributed by atoms with Crippen LogP contribution < -0.4 is 16.0 Å². The molecule has 10 heteroatoms. The maximum atomic E-state index is 14.0. The number of carbonyl (C=O) groups is 6. The Bertz CT molecular complexity index is 1440. The van der Waals surface area contributed by atoms with Crippen LogP contribution in [0.25, 0.3) is 10.8 Å². The Morgan fingerprint density at radius 3 is 2.33 bits per heavy atom. The van der Waals surface area contributed by atoms with Crippen molar-refractivity contribution < 1.29 is 28.8 Å². The van der Waals surface area contributed by atoms with E-state index < -0.39 is 41.9 Å². The highest BCUT2D eigenvalue weighted by atomic mass is 16.2. The summed E-state index contributed by atoms with van der Waals surface area (Å²) in [4.78, 5) is 82.5. The van der Waals surface area contributed by atoms with Crippen LogP contribution in [0.2, 0.25) is 0 Å². The van der Waals surface area contributed by atoms with Gasteiger partial charge in [0.15, 0.2) is 5.78 Å². The normalized spacial score (nSPS) is 23.3. The first-order valence-corrected chi connectivity index (χ1v) is 16.9. The number of hydrogen-bond acceptors (Lipinski definition) is 6. The minimum absolute atomic E-state index is 0.180. The number of fused-ring (bicyclic) bond motifs is 2. The topological polar surface area (TPSA) is 142 Å². The Kier molecular flexibility index (Phi) is 12.5. The molecule has 4 amide bonds. The lowest BCUT2D eigenvalue weighted by Crippen LogP contribution is -2.64. The van der Waals surface area contributed by atoms with Crippen LogP contribution in [0, 0.1) is 5.92 Å². The van der Waals surface area contributed by atoms with Gasteiger partial charge in [-0.3, -0.25) is 28.8 Å². The maximum absolute atomic E-state index is 14.0. The Hall–Kier alpha value is -4.08. The van der Waals surface area contributed by atoms with Crippen molar-refractivity contribution in [2.24, 2.45) is 5.92 Å². The number of carbonyl (C=O) groups excluding carboxylic acids is 6. The van der Waals surface area contributed by atoms with E-state index in [1.807, 2.05) is 51.1 Å². The van der Waals surface area contributed by atoms with Gasteiger partial charge < -0.3 is 20.9 Å². The van der Waals surface area contributed by atoms with Crippen molar-refractivity contribution in [2.75, 3.05) is 6.54 Å². The molecule has 2 aliphatic rings. The van der Waals surface area contributed by atoms with Gasteiger partial charge in [-0.25, -0.2) is 0 Å². The quantitative estimate of drug-likeness (QED) is 0.236. The molecule has 2 saturated heterocycles. The molecule has 2 aromatic rings. The molecule has 2 fully saturated rings. The highest BCUT2D eigenvalue weighted by Gasteiger charge is 2.41. The first kappa shape index (κ1) is 34.8. The van der Waals surface area contributed by atoms with Gasteiger partial charge in [-0.2, -0.15) is 0 Å². The maximum Gasteiger partial charge on any atom is 0.246 e. The number of unbranched alkanes of at least 4 members (excludes halogenated alkanes) is 2. The third-order valence-corrected chi connectivity index (χ3v) is 9.45. The summed E-state index contributed by atoms with van der Waals surface area (Å²) in [6.45, 7) is 6.00. The first-order chi connectivity index (χ1) is 22.1. The first-order valence-electron chi connectivity index (χ1n) is 16.9. The van der Waals surface area contributed by atoms with E-state index in [4.69, 9.17) is 0 Å². The Balaban J connectivity index is 1.64. The molecular weight excluding hydrogens is 584 g/mol. The van der Waals surface area contributed by atoms with Crippen LogP contribution in [0.4, 0.5) is 0 Å². The van der Waals surface area contributed by atoms with E-state index in [2.05, 4.69) is 16.0 Å². The van der Waals surface area contributed by atoms with Crippen molar-refractivity contribution in [2.45, 2.75) is 116 Å². The number of piperidine rings is 1. The Morgan fingerprint density at radius 1 is 0.848 bits per heavy atom. The summed E-state index contributed by atoms with van der Waals surface area (Å²) in [6.07, 6.45) is 5.44. The van der Waals surface area contributed by atoms with Crippen LogP contribution in [0.5, 0.6) is 0 Å². The van der Waals surface area contributed by atoms with Gasteiger partial charge >= 0.3 is 0 Å². The second-order valence-corrected chi connectivity index (χ2v) is 12.7. The number of hydrogen-bond donors (Lipinski definition) is 3. The predicted octanol–water partition coefficient (Wildman–Crippen LogP) is 4.24. The number of nitrogens with one attached hydrogen (secondary N) is 3. The molecule has 248 valence electrons. The van der Waals surface area contributed by atoms with E-state index in [0.29, 0.717) is 63.5 Å². The molecule has 4 rings (SSSR count). The van der Waals surface area contributed by atoms with E-state index >= 15 is 0 Å². The smallest absolute Gasteiger partial charge is 0.246 e. The van der Waals surface area contributed by atoms with Crippen molar-refractivity contribution in [1.82, 2.24) is 20.9 Å². The van der Waals surface area contributed by atoms with Gasteiger partial charge in [0.1, 0.15) is 30.0 Å². The third-order valence-electron chi connectivity index (χ3n) is 9.45. The molecule has 2 aliphatic heterocycles. The molecule has 46 heavy (non-hydrogen) atoms. The zero-order valence-corrected chi connectivity index (χ0v) is 27.3. The Morgan fingerprint density at radius 2 is 1.57 bits per heavy atom. The zero-order valence-electron chi connectivity index (χ0n) is 27.3. The highest BCUT2D eigenvalue weighted by molar-refractivity contribution is 6.10. The summed E-state index contributed by atoms with van der Waals surface area (Å²) >= 11 is 0. The molecule has 0 bridgehead atoms.